The standard InChI is InChI=1S/C12H17FN2O/c1-9-8-16-5-4-15(9)12-3-2-10(7-14)6-11(12)13/h2-3,6,9H,4-5,7-8,14H2,1H3. The molecule has 1 aromatic rings. The Bertz CT molecular complexity index is 370. The van der Waals surface area contributed by atoms with E-state index < -0.39 is 0 Å². The summed E-state index contributed by atoms with van der Waals surface area (Å²) in [5, 5.41) is 0. The van der Waals surface area contributed by atoms with Crippen LogP contribution in [0.4, 0.5) is 10.1 Å². The lowest BCUT2D eigenvalue weighted by Gasteiger charge is -2.35. The molecule has 1 aromatic carbocycles. The summed E-state index contributed by atoms with van der Waals surface area (Å²) >= 11 is 0. The molecule has 2 N–H and O–H groups in total. The van der Waals surface area contributed by atoms with Crippen LogP contribution < -0.4 is 10.6 Å². The van der Waals surface area contributed by atoms with Crippen LogP contribution in [0, 0.1) is 5.82 Å². The SMILES string of the molecule is CC1COCCN1c1ccc(CN)cc1F. The van der Waals surface area contributed by atoms with Crippen LogP contribution >= 0.6 is 0 Å². The minimum Gasteiger partial charge on any atom is -0.377 e. The van der Waals surface area contributed by atoms with Gasteiger partial charge >= 0.3 is 0 Å². The van der Waals surface area contributed by atoms with E-state index in [1.165, 1.54) is 6.07 Å². The normalized spacial score (nSPS) is 21.2. The molecule has 1 heterocycles. The molecule has 1 fully saturated rings. The molecule has 1 aliphatic heterocycles. The lowest BCUT2D eigenvalue weighted by molar-refractivity contribution is 0.0986. The number of benzene rings is 1. The van der Waals surface area contributed by atoms with Crippen LogP contribution in [0.3, 0.4) is 0 Å². The molecule has 1 saturated heterocycles. The Kier molecular flexibility index (Phi) is 3.41. The first kappa shape index (κ1) is 11.4. The molecule has 0 aliphatic carbocycles. The predicted molar refractivity (Wildman–Crippen MR) is 61.9 cm³/mol. The molecule has 0 aromatic heterocycles. The zero-order valence-electron chi connectivity index (χ0n) is 9.45. The maximum Gasteiger partial charge on any atom is 0.146 e. The van der Waals surface area contributed by atoms with Gasteiger partial charge in [-0.25, -0.2) is 4.39 Å². The quantitative estimate of drug-likeness (QED) is 0.827. The number of hydrogen-bond donors (Lipinski definition) is 1. The highest BCUT2D eigenvalue weighted by Crippen LogP contribution is 2.24. The third-order valence-electron chi connectivity index (χ3n) is 2.92. The van der Waals surface area contributed by atoms with Gasteiger partial charge in [-0.05, 0) is 24.6 Å². The number of hydrogen-bond acceptors (Lipinski definition) is 3. The fraction of sp³-hybridized carbons (Fsp3) is 0.500. The molecule has 16 heavy (non-hydrogen) atoms. The minimum atomic E-state index is -0.197. The fourth-order valence-corrected chi connectivity index (χ4v) is 2.00. The average molecular weight is 224 g/mol. The first-order valence-electron chi connectivity index (χ1n) is 5.55. The van der Waals surface area contributed by atoms with E-state index in [1.54, 1.807) is 6.07 Å². The van der Waals surface area contributed by atoms with E-state index in [1.807, 2.05) is 17.9 Å². The summed E-state index contributed by atoms with van der Waals surface area (Å²) in [5.41, 5.74) is 6.94. The number of anilines is 1. The molecule has 3 nitrogen and oxygen atoms in total. The van der Waals surface area contributed by atoms with Gasteiger partial charge in [0.05, 0.1) is 18.9 Å². The van der Waals surface area contributed by atoms with Crippen LogP contribution in [0.2, 0.25) is 0 Å². The van der Waals surface area contributed by atoms with Crippen molar-refractivity contribution in [3.8, 4) is 0 Å². The van der Waals surface area contributed by atoms with Crippen LogP contribution in [0.25, 0.3) is 0 Å². The van der Waals surface area contributed by atoms with E-state index in [9.17, 15) is 4.39 Å². The highest BCUT2D eigenvalue weighted by Gasteiger charge is 2.21. The molecule has 0 radical (unpaired) electrons. The summed E-state index contributed by atoms with van der Waals surface area (Å²) in [6.45, 7) is 4.45. The van der Waals surface area contributed by atoms with Gasteiger partial charge < -0.3 is 15.4 Å². The number of morpholine rings is 1. The van der Waals surface area contributed by atoms with Gasteiger partial charge in [0.2, 0.25) is 0 Å². The second kappa shape index (κ2) is 4.80. The molecule has 0 saturated carbocycles. The minimum absolute atomic E-state index is 0.197. The van der Waals surface area contributed by atoms with Gasteiger partial charge in [0.25, 0.3) is 0 Å². The molecule has 1 atom stereocenters. The largest absolute Gasteiger partial charge is 0.377 e. The van der Waals surface area contributed by atoms with E-state index in [2.05, 4.69) is 0 Å². The summed E-state index contributed by atoms with van der Waals surface area (Å²) in [4.78, 5) is 2.04. The van der Waals surface area contributed by atoms with Crippen LogP contribution in [0.5, 0.6) is 0 Å². The summed E-state index contributed by atoms with van der Waals surface area (Å²) in [6, 6.07) is 5.41. The molecule has 88 valence electrons. The van der Waals surface area contributed by atoms with Crippen molar-refractivity contribution < 1.29 is 9.13 Å². The molecule has 1 unspecified atom stereocenters. The third kappa shape index (κ3) is 2.18. The predicted octanol–water partition coefficient (Wildman–Crippen LogP) is 1.51. The number of halogens is 1. The maximum atomic E-state index is 13.9. The molecule has 1 aliphatic rings. The van der Waals surface area contributed by atoms with Crippen LogP contribution in [-0.2, 0) is 11.3 Å². The zero-order chi connectivity index (χ0) is 11.5. The van der Waals surface area contributed by atoms with Crippen molar-refractivity contribution in [2.45, 2.75) is 19.5 Å². The molecular weight excluding hydrogens is 207 g/mol. The average Bonchev–Trinajstić information content (AvgIpc) is 2.30. The molecular formula is C12H17FN2O. The lowest BCUT2D eigenvalue weighted by atomic mass is 10.1. The van der Waals surface area contributed by atoms with Gasteiger partial charge in [-0.3, -0.25) is 0 Å². The van der Waals surface area contributed by atoms with Gasteiger partial charge in [-0.2, -0.15) is 0 Å². The summed E-state index contributed by atoms with van der Waals surface area (Å²) < 4.78 is 19.2. The van der Waals surface area contributed by atoms with E-state index in [-0.39, 0.29) is 11.9 Å². The molecule has 0 amide bonds. The monoisotopic (exact) mass is 224 g/mol. The molecule has 0 bridgehead atoms. The Balaban J connectivity index is 2.25. The Hall–Kier alpha value is -1.13. The van der Waals surface area contributed by atoms with Gasteiger partial charge in [0.1, 0.15) is 5.82 Å². The van der Waals surface area contributed by atoms with Crippen molar-refractivity contribution in [1.82, 2.24) is 0 Å². The highest BCUT2D eigenvalue weighted by atomic mass is 19.1. The Morgan fingerprint density at radius 2 is 2.38 bits per heavy atom. The number of ether oxygens (including phenoxy) is 1. The van der Waals surface area contributed by atoms with E-state index in [0.717, 1.165) is 12.1 Å². The second-order valence-electron chi connectivity index (χ2n) is 4.11. The fourth-order valence-electron chi connectivity index (χ4n) is 2.00. The molecule has 0 spiro atoms. The number of nitrogens with two attached hydrogens (primary N) is 1. The van der Waals surface area contributed by atoms with E-state index in [4.69, 9.17) is 10.5 Å². The first-order valence-corrected chi connectivity index (χ1v) is 5.55. The topological polar surface area (TPSA) is 38.5 Å². The number of nitrogens with zero attached hydrogens (tertiary/aromatic N) is 1. The maximum absolute atomic E-state index is 13.9. The van der Waals surface area contributed by atoms with Crippen LogP contribution in [0.15, 0.2) is 18.2 Å². The zero-order valence-corrected chi connectivity index (χ0v) is 9.45. The smallest absolute Gasteiger partial charge is 0.146 e. The second-order valence-corrected chi connectivity index (χ2v) is 4.11. The lowest BCUT2D eigenvalue weighted by Crippen LogP contribution is -2.44. The molecule has 2 rings (SSSR count). The molecule has 4 heteroatoms. The summed E-state index contributed by atoms with van der Waals surface area (Å²) in [6.07, 6.45) is 0. The van der Waals surface area contributed by atoms with Crippen molar-refractivity contribution in [2.75, 3.05) is 24.7 Å². The first-order chi connectivity index (χ1) is 7.72. The number of rotatable bonds is 2. The van der Waals surface area contributed by atoms with Gasteiger partial charge in [0.15, 0.2) is 0 Å². The highest BCUT2D eigenvalue weighted by molar-refractivity contribution is 5.50. The van der Waals surface area contributed by atoms with Crippen LogP contribution in [0.1, 0.15) is 12.5 Å². The van der Waals surface area contributed by atoms with E-state index in [0.29, 0.717) is 25.4 Å². The Labute approximate surface area is 95.0 Å². The Morgan fingerprint density at radius 3 is 3.00 bits per heavy atom. The van der Waals surface area contributed by atoms with Crippen molar-refractivity contribution in [3.63, 3.8) is 0 Å². The van der Waals surface area contributed by atoms with Crippen molar-refractivity contribution in [2.24, 2.45) is 5.73 Å². The van der Waals surface area contributed by atoms with Crippen LogP contribution in [-0.4, -0.2) is 25.8 Å². The van der Waals surface area contributed by atoms with Gasteiger partial charge in [-0.1, -0.05) is 6.07 Å². The van der Waals surface area contributed by atoms with E-state index >= 15 is 0 Å². The van der Waals surface area contributed by atoms with Gasteiger partial charge in [-0.15, -0.1) is 0 Å². The Morgan fingerprint density at radius 1 is 1.56 bits per heavy atom. The van der Waals surface area contributed by atoms with Crippen molar-refractivity contribution in [3.05, 3.63) is 29.6 Å². The van der Waals surface area contributed by atoms with Gasteiger partial charge in [0, 0.05) is 19.1 Å². The van der Waals surface area contributed by atoms with Crippen molar-refractivity contribution >= 4 is 5.69 Å². The summed E-state index contributed by atoms with van der Waals surface area (Å²) in [5.74, 6) is -0.197. The van der Waals surface area contributed by atoms with Crippen molar-refractivity contribution in [1.29, 1.82) is 0 Å². The summed E-state index contributed by atoms with van der Waals surface area (Å²) in [7, 11) is 0. The third-order valence-corrected chi connectivity index (χ3v) is 2.92.